The first kappa shape index (κ1) is 72.3. The molecule has 5 aliphatic heterocycles. The minimum Gasteiger partial charge on any atom is -0.394 e. The molecule has 0 aliphatic carbocycles. The van der Waals surface area contributed by atoms with Gasteiger partial charge in [0, 0.05) is 85.3 Å². The van der Waals surface area contributed by atoms with Crippen LogP contribution in [0.15, 0.2) is 80.2 Å². The van der Waals surface area contributed by atoms with E-state index in [2.05, 4.69) is 24.9 Å². The monoisotopic (exact) mass is 1440 g/mol. The Morgan fingerprint density at radius 1 is 0.458 bits per heavy atom. The Labute approximate surface area is 535 Å². The molecular weight excluding hydrogens is 1380 g/mol. The van der Waals surface area contributed by atoms with Crippen LogP contribution in [0.2, 0.25) is 0 Å². The average Bonchev–Trinajstić information content (AvgIpc) is 1.64. The van der Waals surface area contributed by atoms with Crippen LogP contribution in [0, 0.1) is 27.7 Å². The Balaban J connectivity index is 0.835. The highest BCUT2D eigenvalue weighted by Crippen LogP contribution is 2.55. The molecule has 43 nitrogen and oxygen atoms in total. The van der Waals surface area contributed by atoms with Gasteiger partial charge in [0.25, 0.3) is 22.2 Å². The van der Waals surface area contributed by atoms with Gasteiger partial charge in [0.05, 0.1) is 39.1 Å². The zero-order valence-corrected chi connectivity index (χ0v) is 54.1. The number of aromatic amines is 4. The van der Waals surface area contributed by atoms with E-state index in [0.29, 0.717) is 0 Å². The predicted octanol–water partition coefficient (Wildman–Crippen LogP) is -2.94. The molecule has 5 saturated heterocycles. The van der Waals surface area contributed by atoms with E-state index in [-0.39, 0.29) is 40.9 Å². The molecule has 0 bridgehead atoms. The van der Waals surface area contributed by atoms with Gasteiger partial charge in [-0.3, -0.25) is 98.1 Å². The summed E-state index contributed by atoms with van der Waals surface area (Å²) in [6.07, 6.45) is -19.3. The first-order valence-electron chi connectivity index (χ1n) is 28.9. The summed E-state index contributed by atoms with van der Waals surface area (Å²) < 4.78 is 132. The first-order chi connectivity index (χ1) is 45.0. The summed E-state index contributed by atoms with van der Waals surface area (Å²) in [5, 5.41) is 20.8. The molecule has 12 N–H and O–H groups in total. The first-order valence-corrected chi connectivity index (χ1v) is 34.8. The highest BCUT2D eigenvalue weighted by molar-refractivity contribution is 7.48. The Hall–Kier alpha value is -6.44. The normalized spacial score (nSPS) is 30.1. The smallest absolute Gasteiger partial charge is 0.394 e. The Bertz CT molecular complexity index is 4510. The van der Waals surface area contributed by atoms with Crippen molar-refractivity contribution < 1.29 is 108 Å². The number of hydrogen-bond acceptors (Lipinski definition) is 30. The van der Waals surface area contributed by atoms with E-state index in [1.807, 2.05) is 0 Å². The van der Waals surface area contributed by atoms with Gasteiger partial charge in [-0.2, -0.15) is 4.98 Å². The molecule has 19 atom stereocenters. The van der Waals surface area contributed by atoms with Gasteiger partial charge in [0.1, 0.15) is 91.9 Å². The lowest BCUT2D eigenvalue weighted by atomic mass is 10.2. The number of rotatable bonds is 26. The Morgan fingerprint density at radius 3 is 1.04 bits per heavy atom. The molecule has 5 aromatic rings. The standard InChI is InChI=1S/C49H65N11O32P4/c1-21-12-57(46(68)52-41(21)63)36-7-25(62)31(85-36)17-80-93(72,73)90-27-9-38(58-13-22(2)42(64)53-47(58)69)87-33(27)19-82-95(76,77)92-29-11-40(60-15-24(4)44(66)55-49(60)71)88-34(29)20-83-96(78,79)91-28-10-39(59-14-23(3)43(65)54-48(59)70)86-32(28)18-81-94(74,75)89-26-8-37(84-30(26)16-61)56-6-5-35(50)51-45(56)67/h5-6,12-15,25-34,36-40,61-62H,7-11,16-20H2,1-4H3,(H,72,73)(H,74,75)(H,76,77)(H,78,79)(H2,50,51,67)(H,52,63,68)(H,53,64,69)(H,54,65,70)(H,55,66,71)/t25-,26-,27-,28-,29-,30+,31+,32+,33+,34+,36+,37+,38+,39+,40+/m0/s1. The third-order valence-corrected chi connectivity index (χ3v) is 19.8. The topological polar surface area (TPSA) is 590 Å². The van der Waals surface area contributed by atoms with Gasteiger partial charge in [0.15, 0.2) is 0 Å². The fraction of sp³-hybridized carbons (Fsp3) is 0.592. The second kappa shape index (κ2) is 28.8. The van der Waals surface area contributed by atoms with E-state index in [1.54, 1.807) is 0 Å². The Kier molecular flexibility index (Phi) is 21.7. The van der Waals surface area contributed by atoms with Crippen molar-refractivity contribution in [3.63, 3.8) is 0 Å². The highest BCUT2D eigenvalue weighted by atomic mass is 31.2. The summed E-state index contributed by atoms with van der Waals surface area (Å²) in [5.74, 6) is -0.116. The van der Waals surface area contributed by atoms with Crippen molar-refractivity contribution in [1.82, 2.24) is 47.8 Å². The van der Waals surface area contributed by atoms with E-state index in [9.17, 15) is 91.2 Å². The summed E-state index contributed by atoms with van der Waals surface area (Å²) in [7, 11) is -21.7. The molecular formula is C49H65N11O32P4. The van der Waals surface area contributed by atoms with E-state index in [1.165, 1.54) is 46.2 Å². The molecule has 5 aliphatic rings. The van der Waals surface area contributed by atoms with Crippen LogP contribution in [0.3, 0.4) is 0 Å². The quantitative estimate of drug-likeness (QED) is 0.0247. The molecule has 528 valence electrons. The van der Waals surface area contributed by atoms with Gasteiger partial charge >= 0.3 is 59.7 Å². The maximum absolute atomic E-state index is 14.1. The number of aryl methyl sites for hydroxylation is 4. The van der Waals surface area contributed by atoms with Crippen molar-refractivity contribution in [2.45, 2.75) is 152 Å². The summed E-state index contributed by atoms with van der Waals surface area (Å²) in [6.45, 7) is 0.518. The van der Waals surface area contributed by atoms with E-state index in [0.717, 1.165) is 41.4 Å². The van der Waals surface area contributed by atoms with Gasteiger partial charge in [-0.05, 0) is 33.8 Å². The van der Waals surface area contributed by atoms with Crippen molar-refractivity contribution >= 4 is 37.1 Å². The number of aliphatic hydroxyl groups excluding tert-OH is 2. The van der Waals surface area contributed by atoms with Gasteiger partial charge in [0.2, 0.25) is 0 Å². The van der Waals surface area contributed by atoms with Crippen LogP contribution in [0.25, 0.3) is 0 Å². The number of hydrogen-bond donors (Lipinski definition) is 11. The second-order valence-corrected chi connectivity index (χ2v) is 28.3. The van der Waals surface area contributed by atoms with Gasteiger partial charge in [-0.25, -0.2) is 42.2 Å². The molecule has 47 heteroatoms. The molecule has 0 aromatic carbocycles. The molecule has 0 radical (unpaired) electrons. The van der Waals surface area contributed by atoms with Gasteiger partial charge in [-0.1, -0.05) is 0 Å². The van der Waals surface area contributed by atoms with Crippen LogP contribution in [0.1, 0.15) is 85.5 Å². The van der Waals surface area contributed by atoms with Crippen LogP contribution in [-0.2, 0) is 78.1 Å². The zero-order chi connectivity index (χ0) is 69.7. The molecule has 4 unspecified atom stereocenters. The van der Waals surface area contributed by atoms with Crippen LogP contribution < -0.4 is 56.4 Å². The zero-order valence-electron chi connectivity index (χ0n) is 50.5. The van der Waals surface area contributed by atoms with Gasteiger partial charge < -0.3 is 59.2 Å². The number of aliphatic hydroxyl groups is 2. The number of phosphoric acid groups is 4. The third kappa shape index (κ3) is 17.0. The molecule has 10 heterocycles. The van der Waals surface area contributed by atoms with Crippen LogP contribution in [0.4, 0.5) is 5.82 Å². The summed E-state index contributed by atoms with van der Waals surface area (Å²) in [5.41, 5.74) is -2.23. The number of ether oxygens (including phenoxy) is 5. The fourth-order valence-electron chi connectivity index (χ4n) is 10.9. The summed E-state index contributed by atoms with van der Waals surface area (Å²) in [6, 6.07) is 1.27. The number of aromatic nitrogens is 10. The summed E-state index contributed by atoms with van der Waals surface area (Å²) >= 11 is 0. The highest BCUT2D eigenvalue weighted by Gasteiger charge is 2.50. The molecule has 5 fully saturated rings. The molecule has 10 rings (SSSR count). The van der Waals surface area contributed by atoms with Crippen LogP contribution in [0.5, 0.6) is 0 Å². The minimum absolute atomic E-state index is 0.000102. The molecule has 0 saturated carbocycles. The van der Waals surface area contributed by atoms with Crippen LogP contribution in [-0.4, -0.2) is 172 Å². The molecule has 96 heavy (non-hydrogen) atoms. The van der Waals surface area contributed by atoms with Crippen LogP contribution >= 0.6 is 31.3 Å². The summed E-state index contributed by atoms with van der Waals surface area (Å²) in [4.78, 5) is 170. The maximum Gasteiger partial charge on any atom is 0.472 e. The van der Waals surface area contributed by atoms with Crippen molar-refractivity contribution in [3.8, 4) is 0 Å². The largest absolute Gasteiger partial charge is 0.472 e. The molecule has 5 aromatic heterocycles. The molecule has 0 spiro atoms. The number of nitrogens with one attached hydrogen (secondary N) is 4. The lowest BCUT2D eigenvalue weighted by Gasteiger charge is -2.25. The predicted molar refractivity (Wildman–Crippen MR) is 315 cm³/mol. The SMILES string of the molecule is Cc1cn([C@H]2C[C@H](OP(=O)(O)OC[C@H]3O[C@@H](n4cc(C)c(=O)[nH]c4=O)C[C@@H]3OP(=O)(O)OC[C@H]3O[C@@H](n4cc(C)c(=O)[nH]c4=O)C[C@@H]3OP(=O)(O)OC[C@H]3O[C@@H](n4cc(C)c(=O)[nH]c4=O)C[C@@H]3O)[C@@H](COP(=O)(O)O[C@H]3C[C@H](n4ccc(N)nc4=O)O[C@@H]3CO)O2)c(=O)[nH]c1=O. The number of anilines is 1. The van der Waals surface area contributed by atoms with E-state index < -0.39 is 226 Å². The van der Waals surface area contributed by atoms with Crippen molar-refractivity contribution in [1.29, 1.82) is 0 Å². The number of phosphoric ester groups is 4. The number of nitrogens with zero attached hydrogens (tertiary/aromatic N) is 6. The lowest BCUT2D eigenvalue weighted by Crippen LogP contribution is -2.33. The molecule has 0 amide bonds. The van der Waals surface area contributed by atoms with E-state index in [4.69, 9.17) is 65.6 Å². The number of nitrogens with two attached hydrogens (primary N) is 1. The lowest BCUT2D eigenvalue weighted by molar-refractivity contribution is -0.0651. The number of H-pyrrole nitrogens is 4. The van der Waals surface area contributed by atoms with Crippen molar-refractivity contribution in [3.05, 3.63) is 153 Å². The van der Waals surface area contributed by atoms with Crippen molar-refractivity contribution in [2.75, 3.05) is 38.8 Å². The minimum atomic E-state index is -5.57. The third-order valence-electron chi connectivity index (χ3n) is 15.8. The van der Waals surface area contributed by atoms with Crippen molar-refractivity contribution in [2.24, 2.45) is 0 Å². The fourth-order valence-corrected chi connectivity index (χ4v) is 14.7. The Morgan fingerprint density at radius 2 is 0.729 bits per heavy atom. The van der Waals surface area contributed by atoms with E-state index >= 15 is 0 Å². The number of nitrogen functional groups attached to an aromatic ring is 1. The maximum atomic E-state index is 14.1. The second-order valence-electron chi connectivity index (χ2n) is 22.7. The van der Waals surface area contributed by atoms with Gasteiger partial charge in [-0.15, -0.1) is 0 Å². The average molecular weight is 1440 g/mol.